The van der Waals surface area contributed by atoms with Crippen molar-refractivity contribution in [2.45, 2.75) is 57.5 Å². The number of hydrogen-bond acceptors (Lipinski definition) is 4. The minimum atomic E-state index is 0.138. The van der Waals surface area contributed by atoms with Crippen LogP contribution in [0.3, 0.4) is 0 Å². The van der Waals surface area contributed by atoms with Crippen molar-refractivity contribution in [3.05, 3.63) is 46.8 Å². The summed E-state index contributed by atoms with van der Waals surface area (Å²) in [5, 5.41) is 4.71. The van der Waals surface area contributed by atoms with Gasteiger partial charge in [-0.05, 0) is 38.2 Å². The number of hydrogen-bond donors (Lipinski definition) is 0. The van der Waals surface area contributed by atoms with Crippen LogP contribution in [0.4, 0.5) is 0 Å². The molecule has 2 aromatic rings. The van der Waals surface area contributed by atoms with Gasteiger partial charge in [-0.1, -0.05) is 31.0 Å². The first-order chi connectivity index (χ1) is 14.7. The van der Waals surface area contributed by atoms with Crippen molar-refractivity contribution < 1.29 is 9.53 Å². The SMILES string of the molecule is Cn1nc(C(=O)N2CCCCCC2)c2c1CCC(N1CCOc3ccccc3C1)C2. The molecule has 3 aliphatic rings. The number of fused-ring (bicyclic) bond motifs is 2. The molecule has 0 N–H and O–H groups in total. The van der Waals surface area contributed by atoms with E-state index in [0.717, 1.165) is 64.0 Å². The lowest BCUT2D eigenvalue weighted by atomic mass is 9.89. The van der Waals surface area contributed by atoms with Crippen LogP contribution in [0.1, 0.15) is 59.4 Å². The summed E-state index contributed by atoms with van der Waals surface area (Å²) in [6, 6.07) is 8.78. The topological polar surface area (TPSA) is 50.6 Å². The Morgan fingerprint density at radius 1 is 1.10 bits per heavy atom. The predicted molar refractivity (Wildman–Crippen MR) is 116 cm³/mol. The molecule has 6 heteroatoms. The molecule has 0 radical (unpaired) electrons. The van der Waals surface area contributed by atoms with E-state index in [0.29, 0.717) is 18.3 Å². The van der Waals surface area contributed by atoms with Crippen molar-refractivity contribution >= 4 is 5.91 Å². The Kier molecular flexibility index (Phi) is 5.50. The van der Waals surface area contributed by atoms with Crippen molar-refractivity contribution in [1.82, 2.24) is 19.6 Å². The van der Waals surface area contributed by atoms with Gasteiger partial charge >= 0.3 is 0 Å². The number of rotatable bonds is 2. The molecule has 30 heavy (non-hydrogen) atoms. The highest BCUT2D eigenvalue weighted by molar-refractivity contribution is 5.94. The Labute approximate surface area is 178 Å². The van der Waals surface area contributed by atoms with Crippen LogP contribution in [0.15, 0.2) is 24.3 Å². The maximum Gasteiger partial charge on any atom is 0.274 e. The van der Waals surface area contributed by atoms with Crippen LogP contribution in [0.25, 0.3) is 0 Å². The molecule has 1 fully saturated rings. The van der Waals surface area contributed by atoms with E-state index in [9.17, 15) is 4.79 Å². The van der Waals surface area contributed by atoms with Crippen LogP contribution in [0, 0.1) is 0 Å². The zero-order valence-electron chi connectivity index (χ0n) is 18.0. The fourth-order valence-corrected chi connectivity index (χ4v) is 5.34. The van der Waals surface area contributed by atoms with Gasteiger partial charge in [0.2, 0.25) is 0 Å². The van der Waals surface area contributed by atoms with E-state index in [4.69, 9.17) is 9.84 Å². The summed E-state index contributed by atoms with van der Waals surface area (Å²) in [5.41, 5.74) is 4.38. The average molecular weight is 409 g/mol. The number of benzene rings is 1. The molecule has 1 amide bonds. The Hall–Kier alpha value is -2.34. The summed E-state index contributed by atoms with van der Waals surface area (Å²) >= 11 is 0. The number of aromatic nitrogens is 2. The number of para-hydroxylation sites is 1. The van der Waals surface area contributed by atoms with Crippen LogP contribution < -0.4 is 4.74 Å². The molecule has 1 aliphatic carbocycles. The van der Waals surface area contributed by atoms with Gasteiger partial charge in [-0.3, -0.25) is 14.4 Å². The van der Waals surface area contributed by atoms with Crippen LogP contribution in [-0.4, -0.2) is 57.8 Å². The number of ether oxygens (including phenoxy) is 1. The first-order valence-electron chi connectivity index (χ1n) is 11.5. The molecule has 0 spiro atoms. The van der Waals surface area contributed by atoms with Crippen molar-refractivity contribution in [2.24, 2.45) is 7.05 Å². The molecule has 0 saturated carbocycles. The van der Waals surface area contributed by atoms with Gasteiger partial charge < -0.3 is 9.64 Å². The van der Waals surface area contributed by atoms with E-state index in [1.807, 2.05) is 22.7 Å². The van der Waals surface area contributed by atoms with Crippen molar-refractivity contribution in [3.8, 4) is 5.75 Å². The van der Waals surface area contributed by atoms with Crippen LogP contribution in [-0.2, 0) is 26.4 Å². The van der Waals surface area contributed by atoms with Crippen LogP contribution in [0.5, 0.6) is 5.75 Å². The summed E-state index contributed by atoms with van der Waals surface area (Å²) in [4.78, 5) is 17.9. The normalized spacial score (nSPS) is 22.4. The minimum absolute atomic E-state index is 0.138. The zero-order chi connectivity index (χ0) is 20.5. The largest absolute Gasteiger partial charge is 0.492 e. The molecule has 6 nitrogen and oxygen atoms in total. The molecule has 1 aromatic carbocycles. The van der Waals surface area contributed by atoms with Gasteiger partial charge in [0.15, 0.2) is 5.69 Å². The number of aryl methyl sites for hydroxylation is 1. The summed E-state index contributed by atoms with van der Waals surface area (Å²) in [6.07, 6.45) is 7.66. The molecular weight excluding hydrogens is 376 g/mol. The molecule has 160 valence electrons. The van der Waals surface area contributed by atoms with E-state index in [-0.39, 0.29) is 5.91 Å². The molecule has 1 saturated heterocycles. The monoisotopic (exact) mass is 408 g/mol. The molecule has 3 heterocycles. The molecule has 1 atom stereocenters. The second kappa shape index (κ2) is 8.42. The van der Waals surface area contributed by atoms with E-state index < -0.39 is 0 Å². The summed E-state index contributed by atoms with van der Waals surface area (Å²) in [7, 11) is 1.99. The quantitative estimate of drug-likeness (QED) is 0.766. The Morgan fingerprint density at radius 2 is 1.90 bits per heavy atom. The maximum atomic E-state index is 13.4. The van der Waals surface area contributed by atoms with Gasteiger partial charge in [0, 0.05) is 56.1 Å². The van der Waals surface area contributed by atoms with Gasteiger partial charge in [0.05, 0.1) is 0 Å². The Bertz CT molecular complexity index is 914. The highest BCUT2D eigenvalue weighted by Gasteiger charge is 2.33. The lowest BCUT2D eigenvalue weighted by Crippen LogP contribution is -2.41. The third-order valence-corrected chi connectivity index (χ3v) is 7.02. The predicted octanol–water partition coefficient (Wildman–Crippen LogP) is 3.19. The number of carbonyl (C=O) groups excluding carboxylic acids is 1. The summed E-state index contributed by atoms with van der Waals surface area (Å²) in [5.74, 6) is 1.15. The average Bonchev–Trinajstić information content (AvgIpc) is 2.99. The summed E-state index contributed by atoms with van der Waals surface area (Å²) < 4.78 is 7.93. The van der Waals surface area contributed by atoms with E-state index in [1.165, 1.54) is 29.7 Å². The second-order valence-electron chi connectivity index (χ2n) is 8.93. The second-order valence-corrected chi connectivity index (χ2v) is 8.93. The Morgan fingerprint density at radius 3 is 2.73 bits per heavy atom. The lowest BCUT2D eigenvalue weighted by molar-refractivity contribution is 0.0752. The molecule has 0 bridgehead atoms. The third-order valence-electron chi connectivity index (χ3n) is 7.02. The molecule has 1 aromatic heterocycles. The van der Waals surface area contributed by atoms with Crippen molar-refractivity contribution in [1.29, 1.82) is 0 Å². The van der Waals surface area contributed by atoms with Gasteiger partial charge in [0.25, 0.3) is 5.91 Å². The van der Waals surface area contributed by atoms with Crippen molar-refractivity contribution in [2.75, 3.05) is 26.2 Å². The maximum absolute atomic E-state index is 13.4. The number of likely N-dealkylation sites (tertiary alicyclic amines) is 1. The Balaban J connectivity index is 1.38. The molecule has 1 unspecified atom stereocenters. The van der Waals surface area contributed by atoms with Crippen LogP contribution in [0.2, 0.25) is 0 Å². The number of amides is 1. The standard InChI is InChI=1S/C24H32N4O2/c1-26-21-11-10-19(28-14-15-30-22-9-5-4-8-18(22)17-28)16-20(21)23(25-26)24(29)27-12-6-2-3-7-13-27/h4-5,8-9,19H,2-3,6-7,10-17H2,1H3. The highest BCUT2D eigenvalue weighted by atomic mass is 16.5. The van der Waals surface area contributed by atoms with Gasteiger partial charge in [-0.25, -0.2) is 0 Å². The number of nitrogens with zero attached hydrogens (tertiary/aromatic N) is 4. The highest BCUT2D eigenvalue weighted by Crippen LogP contribution is 2.31. The smallest absolute Gasteiger partial charge is 0.274 e. The fraction of sp³-hybridized carbons (Fsp3) is 0.583. The van der Waals surface area contributed by atoms with Gasteiger partial charge in [-0.2, -0.15) is 5.10 Å². The zero-order valence-corrected chi connectivity index (χ0v) is 18.0. The first-order valence-corrected chi connectivity index (χ1v) is 11.5. The van der Waals surface area contributed by atoms with Gasteiger partial charge in [0.1, 0.15) is 12.4 Å². The summed E-state index contributed by atoms with van der Waals surface area (Å²) in [6.45, 7) is 4.28. The van der Waals surface area contributed by atoms with E-state index in [2.05, 4.69) is 23.1 Å². The fourth-order valence-electron chi connectivity index (χ4n) is 5.34. The van der Waals surface area contributed by atoms with Crippen LogP contribution >= 0.6 is 0 Å². The lowest BCUT2D eigenvalue weighted by Gasteiger charge is -2.33. The van der Waals surface area contributed by atoms with E-state index >= 15 is 0 Å². The van der Waals surface area contributed by atoms with E-state index in [1.54, 1.807) is 0 Å². The third kappa shape index (κ3) is 3.73. The number of carbonyl (C=O) groups is 1. The minimum Gasteiger partial charge on any atom is -0.492 e. The van der Waals surface area contributed by atoms with Gasteiger partial charge in [-0.15, -0.1) is 0 Å². The molecule has 5 rings (SSSR count). The van der Waals surface area contributed by atoms with Crippen molar-refractivity contribution in [3.63, 3.8) is 0 Å². The molecular formula is C24H32N4O2. The molecule has 2 aliphatic heterocycles. The first kappa shape index (κ1) is 19.6.